The van der Waals surface area contributed by atoms with Crippen LogP contribution in [0.3, 0.4) is 0 Å². The monoisotopic (exact) mass is 706 g/mol. The number of aromatic nitrogens is 2. The van der Waals surface area contributed by atoms with Gasteiger partial charge in [0.1, 0.15) is 11.5 Å². The standard InChI is InChI=1S/C52H37N2O/c1-6-16-40(17-7-1)49-34-44(35-50(53-49)41-18-8-2-9-19-41)38-26-28-39(29-27-38)45-36-51(42-20-10-3-11-21-42)54(52(37-45)43-22-12-4-13-23-43)46-30-32-48(33-31-46)55-47-24-14-5-15-25-47/h1-37H/q+1/p+1. The van der Waals surface area contributed by atoms with E-state index in [-0.39, 0.29) is 0 Å². The Morgan fingerprint density at radius 1 is 0.291 bits per heavy atom. The van der Waals surface area contributed by atoms with Gasteiger partial charge >= 0.3 is 0 Å². The Morgan fingerprint density at radius 2 is 0.655 bits per heavy atom. The lowest BCUT2D eigenvalue weighted by Crippen LogP contribution is -2.36. The molecule has 260 valence electrons. The number of rotatable bonds is 9. The second-order valence-corrected chi connectivity index (χ2v) is 13.5. The Morgan fingerprint density at radius 3 is 1.09 bits per heavy atom. The van der Waals surface area contributed by atoms with E-state index >= 15 is 0 Å². The molecule has 0 atom stereocenters. The van der Waals surface area contributed by atoms with E-state index in [1.807, 2.05) is 42.5 Å². The summed E-state index contributed by atoms with van der Waals surface area (Å²) in [5, 5.41) is 0. The fourth-order valence-electron chi connectivity index (χ4n) is 7.11. The number of hydrogen-bond donors (Lipinski definition) is 0. The lowest BCUT2D eigenvalue weighted by molar-refractivity contribution is -0.572. The van der Waals surface area contributed by atoms with Crippen LogP contribution < -0.4 is 14.3 Å². The number of pyridine rings is 2. The molecule has 0 saturated heterocycles. The first kappa shape index (κ1) is 33.5. The Hall–Kier alpha value is -7.36. The van der Waals surface area contributed by atoms with Crippen molar-refractivity contribution in [1.82, 2.24) is 0 Å². The zero-order valence-electron chi connectivity index (χ0n) is 30.2. The number of para-hydroxylation sites is 1. The van der Waals surface area contributed by atoms with E-state index in [1.54, 1.807) is 0 Å². The van der Waals surface area contributed by atoms with E-state index in [0.717, 1.165) is 84.5 Å². The third-order valence-electron chi connectivity index (χ3n) is 9.87. The van der Waals surface area contributed by atoms with Crippen molar-refractivity contribution in [2.75, 3.05) is 0 Å². The van der Waals surface area contributed by atoms with Crippen LogP contribution in [-0.4, -0.2) is 0 Å². The van der Waals surface area contributed by atoms with E-state index in [1.165, 1.54) is 0 Å². The van der Waals surface area contributed by atoms with Crippen LogP contribution in [0.5, 0.6) is 11.5 Å². The summed E-state index contributed by atoms with van der Waals surface area (Å²) >= 11 is 0. The number of aromatic amines is 1. The van der Waals surface area contributed by atoms with Crippen molar-refractivity contribution < 1.29 is 14.3 Å². The Kier molecular flexibility index (Phi) is 9.32. The summed E-state index contributed by atoms with van der Waals surface area (Å²) in [6.45, 7) is 0. The molecule has 0 spiro atoms. The molecule has 0 saturated carbocycles. The number of nitrogens with zero attached hydrogens (tertiary/aromatic N) is 1. The third-order valence-corrected chi connectivity index (χ3v) is 9.87. The zero-order valence-corrected chi connectivity index (χ0v) is 30.2. The van der Waals surface area contributed by atoms with Crippen LogP contribution in [0.25, 0.3) is 73.0 Å². The summed E-state index contributed by atoms with van der Waals surface area (Å²) in [6, 6.07) is 78.6. The van der Waals surface area contributed by atoms with Gasteiger partial charge < -0.3 is 4.74 Å². The Bertz CT molecular complexity index is 2540. The highest BCUT2D eigenvalue weighted by molar-refractivity contribution is 5.78. The van der Waals surface area contributed by atoms with Gasteiger partial charge in [-0.1, -0.05) is 115 Å². The smallest absolute Gasteiger partial charge is 0.219 e. The Balaban J connectivity index is 1.15. The average molecular weight is 707 g/mol. The van der Waals surface area contributed by atoms with Crippen LogP contribution in [0.2, 0.25) is 0 Å². The van der Waals surface area contributed by atoms with Crippen LogP contribution in [0.4, 0.5) is 0 Å². The zero-order chi connectivity index (χ0) is 36.8. The highest BCUT2D eigenvalue weighted by Gasteiger charge is 2.25. The summed E-state index contributed by atoms with van der Waals surface area (Å²) in [7, 11) is 0. The van der Waals surface area contributed by atoms with Crippen molar-refractivity contribution in [1.29, 1.82) is 0 Å². The number of ether oxygens (including phenoxy) is 1. The number of H-pyrrole nitrogens is 1. The van der Waals surface area contributed by atoms with E-state index in [0.29, 0.717) is 0 Å². The SMILES string of the molecule is c1ccc(Oc2ccc(-[n+]3c(-c4ccccc4)cc(-c4ccc(-c5cc(-c6ccccc6)[nH+]c(-c6ccccc6)c5)cc4)cc3-c3ccccc3)cc2)cc1. The van der Waals surface area contributed by atoms with Crippen molar-refractivity contribution in [3.05, 3.63) is 224 Å². The topological polar surface area (TPSA) is 27.2 Å². The minimum atomic E-state index is 0.790. The molecule has 1 N–H and O–H groups in total. The van der Waals surface area contributed by atoms with Crippen molar-refractivity contribution in [2.24, 2.45) is 0 Å². The molecular weight excluding hydrogens is 669 g/mol. The largest absolute Gasteiger partial charge is 0.457 e. The fraction of sp³-hybridized carbons (Fsp3) is 0. The lowest BCUT2D eigenvalue weighted by atomic mass is 9.95. The minimum absolute atomic E-state index is 0.790. The number of benzene rings is 7. The van der Waals surface area contributed by atoms with Gasteiger partial charge in [0.2, 0.25) is 28.5 Å². The normalized spacial score (nSPS) is 10.9. The summed E-state index contributed by atoms with van der Waals surface area (Å²) in [6.07, 6.45) is 0. The van der Waals surface area contributed by atoms with Gasteiger partial charge in [-0.15, -0.1) is 0 Å². The number of nitrogens with one attached hydrogen (secondary N) is 1. The first-order chi connectivity index (χ1) is 27.2. The highest BCUT2D eigenvalue weighted by Crippen LogP contribution is 2.34. The van der Waals surface area contributed by atoms with Gasteiger partial charge in [-0.05, 0) is 95.1 Å². The minimum Gasteiger partial charge on any atom is -0.457 e. The fourth-order valence-corrected chi connectivity index (χ4v) is 7.11. The number of hydrogen-bond acceptors (Lipinski definition) is 1. The molecule has 3 nitrogen and oxygen atoms in total. The maximum atomic E-state index is 6.16. The second-order valence-electron chi connectivity index (χ2n) is 13.5. The molecule has 0 radical (unpaired) electrons. The maximum absolute atomic E-state index is 6.16. The van der Waals surface area contributed by atoms with Crippen molar-refractivity contribution in [3.8, 4) is 84.5 Å². The molecule has 7 aromatic carbocycles. The van der Waals surface area contributed by atoms with E-state index < -0.39 is 0 Å². The molecule has 0 aliphatic rings. The van der Waals surface area contributed by atoms with Gasteiger partial charge in [0.25, 0.3) is 0 Å². The Labute approximate surface area is 322 Å². The second kappa shape index (κ2) is 15.3. The van der Waals surface area contributed by atoms with E-state index in [2.05, 4.69) is 192 Å². The van der Waals surface area contributed by atoms with E-state index in [9.17, 15) is 0 Å². The molecule has 9 aromatic rings. The van der Waals surface area contributed by atoms with Crippen LogP contribution in [0.1, 0.15) is 0 Å². The van der Waals surface area contributed by atoms with E-state index in [4.69, 9.17) is 4.74 Å². The first-order valence-corrected chi connectivity index (χ1v) is 18.6. The molecule has 0 fully saturated rings. The van der Waals surface area contributed by atoms with Gasteiger partial charge in [0.15, 0.2) is 0 Å². The molecule has 2 aromatic heterocycles. The molecule has 9 rings (SSSR count). The molecule has 0 amide bonds. The molecule has 0 aliphatic carbocycles. The van der Waals surface area contributed by atoms with Gasteiger partial charge in [-0.3, -0.25) is 0 Å². The van der Waals surface area contributed by atoms with Gasteiger partial charge in [-0.2, -0.15) is 4.57 Å². The van der Waals surface area contributed by atoms with Gasteiger partial charge in [0.05, 0.1) is 0 Å². The summed E-state index contributed by atoms with van der Waals surface area (Å²) in [5.41, 5.74) is 14.5. The van der Waals surface area contributed by atoms with Crippen molar-refractivity contribution in [2.45, 2.75) is 0 Å². The molecule has 0 bridgehead atoms. The highest BCUT2D eigenvalue weighted by atomic mass is 16.5. The molecule has 55 heavy (non-hydrogen) atoms. The van der Waals surface area contributed by atoms with Crippen LogP contribution in [0.15, 0.2) is 224 Å². The van der Waals surface area contributed by atoms with Gasteiger partial charge in [0, 0.05) is 58.7 Å². The van der Waals surface area contributed by atoms with Crippen LogP contribution in [-0.2, 0) is 0 Å². The molecular formula is C52H38N2O+2. The average Bonchev–Trinajstić information content (AvgIpc) is 3.28. The van der Waals surface area contributed by atoms with Crippen LogP contribution >= 0.6 is 0 Å². The van der Waals surface area contributed by atoms with Crippen LogP contribution in [0, 0.1) is 0 Å². The van der Waals surface area contributed by atoms with Gasteiger partial charge in [-0.25, -0.2) is 4.98 Å². The quantitative estimate of drug-likeness (QED) is 0.137. The maximum Gasteiger partial charge on any atom is 0.219 e. The molecule has 2 heterocycles. The summed E-state index contributed by atoms with van der Waals surface area (Å²) in [5.74, 6) is 1.60. The van der Waals surface area contributed by atoms with Crippen molar-refractivity contribution in [3.63, 3.8) is 0 Å². The third kappa shape index (κ3) is 7.33. The predicted octanol–water partition coefficient (Wildman–Crippen LogP) is 12.6. The summed E-state index contributed by atoms with van der Waals surface area (Å²) < 4.78 is 8.52. The first-order valence-electron chi connectivity index (χ1n) is 18.6. The summed E-state index contributed by atoms with van der Waals surface area (Å²) in [4.78, 5) is 3.69. The molecule has 0 unspecified atom stereocenters. The predicted molar refractivity (Wildman–Crippen MR) is 224 cm³/mol. The molecule has 3 heteroatoms. The molecule has 0 aliphatic heterocycles. The van der Waals surface area contributed by atoms with Crippen molar-refractivity contribution >= 4 is 0 Å². The lowest BCUT2D eigenvalue weighted by Gasteiger charge is -2.13.